The first-order chi connectivity index (χ1) is 20.3. The summed E-state index contributed by atoms with van der Waals surface area (Å²) >= 11 is 0. The summed E-state index contributed by atoms with van der Waals surface area (Å²) in [4.78, 5) is 14.2. The predicted molar refractivity (Wildman–Crippen MR) is 185 cm³/mol. The Labute approximate surface area is 257 Å². The molecule has 0 aliphatic rings. The molecule has 1 rings (SSSR count). The van der Waals surface area contributed by atoms with Gasteiger partial charge in [0, 0.05) is 24.3 Å². The molecule has 0 unspecified atom stereocenters. The van der Waals surface area contributed by atoms with Gasteiger partial charge in [-0.25, -0.2) is 0 Å². The average molecular weight is 570 g/mol. The minimum atomic E-state index is 0.850. The maximum absolute atomic E-state index is 11.7. The number of hydrogen-bond donors (Lipinski definition) is 0. The maximum atomic E-state index is 11.7. The normalized spacial score (nSPS) is 11.3. The quantitative estimate of drug-likeness (QED) is 0.0635. The number of hydrogen-bond acceptors (Lipinski definition) is 2. The molecule has 41 heavy (non-hydrogen) atoms. The van der Waals surface area contributed by atoms with Gasteiger partial charge in [-0.1, -0.05) is 193 Å². The standard InChI is InChI=1S/C39H71NO/c1-3-5-7-9-11-13-15-17-19-21-23-25-27-31-35-40(39-34-30-29-33-38(39)37-41)36-32-28-26-24-22-20-18-16-14-12-10-8-6-4-2/h29-30,33-34,37H,3-28,31-32,35-36H2,1-2H3. The molecule has 0 aliphatic heterocycles. The highest BCUT2D eigenvalue weighted by Gasteiger charge is 2.10. The van der Waals surface area contributed by atoms with Gasteiger partial charge >= 0.3 is 0 Å². The van der Waals surface area contributed by atoms with Gasteiger partial charge in [-0.15, -0.1) is 0 Å². The molecule has 0 fully saturated rings. The van der Waals surface area contributed by atoms with Crippen LogP contribution in [-0.4, -0.2) is 19.4 Å². The predicted octanol–water partition coefficient (Wildman–Crippen LogP) is 13.3. The van der Waals surface area contributed by atoms with Gasteiger partial charge in [0.1, 0.15) is 0 Å². The van der Waals surface area contributed by atoms with Crippen LogP contribution in [-0.2, 0) is 0 Å². The van der Waals surface area contributed by atoms with E-state index in [1.807, 2.05) is 12.1 Å². The molecule has 0 aromatic heterocycles. The Morgan fingerprint density at radius 3 is 1.05 bits per heavy atom. The lowest BCUT2D eigenvalue weighted by atomic mass is 10.0. The van der Waals surface area contributed by atoms with Gasteiger partial charge in [-0.3, -0.25) is 4.79 Å². The second-order valence-corrected chi connectivity index (χ2v) is 12.9. The van der Waals surface area contributed by atoms with E-state index in [0.717, 1.165) is 30.6 Å². The van der Waals surface area contributed by atoms with Crippen molar-refractivity contribution in [1.29, 1.82) is 0 Å². The summed E-state index contributed by atoms with van der Waals surface area (Å²) in [6.45, 7) is 6.76. The van der Waals surface area contributed by atoms with Crippen molar-refractivity contribution < 1.29 is 4.79 Å². The third-order valence-electron chi connectivity index (χ3n) is 8.97. The zero-order valence-electron chi connectivity index (χ0n) is 28.0. The maximum Gasteiger partial charge on any atom is 0.152 e. The van der Waals surface area contributed by atoms with Crippen molar-refractivity contribution in [3.63, 3.8) is 0 Å². The van der Waals surface area contributed by atoms with Gasteiger partial charge in [0.05, 0.1) is 0 Å². The second kappa shape index (κ2) is 30.2. The van der Waals surface area contributed by atoms with Crippen LogP contribution < -0.4 is 4.90 Å². The molecule has 1 aromatic rings. The van der Waals surface area contributed by atoms with E-state index in [-0.39, 0.29) is 0 Å². The molecule has 0 spiro atoms. The highest BCUT2D eigenvalue weighted by molar-refractivity contribution is 5.84. The number of anilines is 1. The lowest BCUT2D eigenvalue weighted by Gasteiger charge is -2.26. The summed E-state index contributed by atoms with van der Waals surface area (Å²) in [5, 5.41) is 0. The number of benzene rings is 1. The molecule has 0 saturated heterocycles. The lowest BCUT2D eigenvalue weighted by molar-refractivity contribution is 0.112. The van der Waals surface area contributed by atoms with Crippen molar-refractivity contribution in [3.8, 4) is 0 Å². The van der Waals surface area contributed by atoms with Crippen molar-refractivity contribution >= 4 is 12.0 Å². The second-order valence-electron chi connectivity index (χ2n) is 12.9. The molecule has 1 aromatic carbocycles. The number of carbonyl (C=O) groups is 1. The van der Waals surface area contributed by atoms with Crippen LogP contribution in [0, 0.1) is 0 Å². The monoisotopic (exact) mass is 570 g/mol. The SMILES string of the molecule is CCCCCCCCCCCCCCCCN(CCCCCCCCCCCCCCCC)c1ccccc1C=O. The van der Waals surface area contributed by atoms with Crippen LogP contribution in [0.2, 0.25) is 0 Å². The topological polar surface area (TPSA) is 20.3 Å². The van der Waals surface area contributed by atoms with E-state index in [2.05, 4.69) is 30.9 Å². The van der Waals surface area contributed by atoms with E-state index >= 15 is 0 Å². The summed E-state index contributed by atoms with van der Waals surface area (Å²) in [5.74, 6) is 0. The smallest absolute Gasteiger partial charge is 0.152 e. The van der Waals surface area contributed by atoms with Crippen LogP contribution in [0.3, 0.4) is 0 Å². The Morgan fingerprint density at radius 2 is 0.732 bits per heavy atom. The first-order valence-electron chi connectivity index (χ1n) is 18.6. The molecule has 2 heteroatoms. The first kappa shape index (κ1) is 37.7. The van der Waals surface area contributed by atoms with Gasteiger partial charge < -0.3 is 4.90 Å². The Hall–Kier alpha value is -1.31. The molecule has 0 N–H and O–H groups in total. The van der Waals surface area contributed by atoms with Crippen LogP contribution in [0.1, 0.15) is 204 Å². The third kappa shape index (κ3) is 22.9. The summed E-state index contributed by atoms with van der Waals surface area (Å²) in [5.41, 5.74) is 2.00. The van der Waals surface area contributed by atoms with Gasteiger partial charge in [0.2, 0.25) is 0 Å². The van der Waals surface area contributed by atoms with Crippen molar-refractivity contribution in [2.75, 3.05) is 18.0 Å². The number of nitrogens with zero attached hydrogens (tertiary/aromatic N) is 1. The average Bonchev–Trinajstić information content (AvgIpc) is 3.00. The molecule has 0 amide bonds. The number of aldehydes is 1. The molecule has 238 valence electrons. The fourth-order valence-corrected chi connectivity index (χ4v) is 6.22. The minimum absolute atomic E-state index is 0.850. The van der Waals surface area contributed by atoms with E-state index in [1.165, 1.54) is 180 Å². The molecule has 0 aliphatic carbocycles. The summed E-state index contributed by atoms with van der Waals surface area (Å²) in [6.07, 6.45) is 40.2. The van der Waals surface area contributed by atoms with E-state index in [9.17, 15) is 4.79 Å². The Morgan fingerprint density at radius 1 is 0.439 bits per heavy atom. The molecule has 0 saturated carbocycles. The zero-order chi connectivity index (χ0) is 29.5. The first-order valence-corrected chi connectivity index (χ1v) is 18.6. The molecule has 0 heterocycles. The van der Waals surface area contributed by atoms with Crippen molar-refractivity contribution in [3.05, 3.63) is 29.8 Å². The molecule has 0 bridgehead atoms. The molecular formula is C39H71NO. The fraction of sp³-hybridized carbons (Fsp3) is 0.821. The highest BCUT2D eigenvalue weighted by Crippen LogP contribution is 2.22. The molecule has 2 nitrogen and oxygen atoms in total. The third-order valence-corrected chi connectivity index (χ3v) is 8.97. The van der Waals surface area contributed by atoms with Crippen molar-refractivity contribution in [2.45, 2.75) is 194 Å². The van der Waals surface area contributed by atoms with E-state index in [4.69, 9.17) is 0 Å². The molecular weight excluding hydrogens is 498 g/mol. The highest BCUT2D eigenvalue weighted by atomic mass is 16.1. The van der Waals surface area contributed by atoms with Crippen molar-refractivity contribution in [2.24, 2.45) is 0 Å². The Bertz CT molecular complexity index is 639. The van der Waals surface area contributed by atoms with Crippen LogP contribution in [0.5, 0.6) is 0 Å². The minimum Gasteiger partial charge on any atom is -0.371 e. The van der Waals surface area contributed by atoms with Crippen LogP contribution in [0.4, 0.5) is 5.69 Å². The zero-order valence-corrected chi connectivity index (χ0v) is 28.0. The number of carbonyl (C=O) groups excluding carboxylic acids is 1. The van der Waals surface area contributed by atoms with Gasteiger partial charge in [0.25, 0.3) is 0 Å². The van der Waals surface area contributed by atoms with Crippen LogP contribution in [0.25, 0.3) is 0 Å². The summed E-state index contributed by atoms with van der Waals surface area (Å²) in [7, 11) is 0. The number of rotatable bonds is 32. The van der Waals surface area contributed by atoms with Crippen LogP contribution in [0.15, 0.2) is 24.3 Å². The number of unbranched alkanes of at least 4 members (excludes halogenated alkanes) is 26. The van der Waals surface area contributed by atoms with E-state index in [1.54, 1.807) is 0 Å². The summed E-state index contributed by atoms with van der Waals surface area (Å²) < 4.78 is 0. The Kier molecular flexibility index (Phi) is 27.7. The molecule has 0 atom stereocenters. The van der Waals surface area contributed by atoms with Crippen LogP contribution >= 0.6 is 0 Å². The number of para-hydroxylation sites is 1. The van der Waals surface area contributed by atoms with Gasteiger partial charge in [-0.05, 0) is 25.0 Å². The summed E-state index contributed by atoms with van der Waals surface area (Å²) in [6, 6.07) is 8.21. The largest absolute Gasteiger partial charge is 0.371 e. The van der Waals surface area contributed by atoms with Crippen molar-refractivity contribution in [1.82, 2.24) is 0 Å². The Balaban J connectivity index is 2.12. The van der Waals surface area contributed by atoms with Gasteiger partial charge in [0.15, 0.2) is 6.29 Å². The lowest BCUT2D eigenvalue weighted by Crippen LogP contribution is -2.26. The van der Waals surface area contributed by atoms with Gasteiger partial charge in [-0.2, -0.15) is 0 Å². The van der Waals surface area contributed by atoms with E-state index < -0.39 is 0 Å². The molecule has 0 radical (unpaired) electrons. The fourth-order valence-electron chi connectivity index (χ4n) is 6.22. The van der Waals surface area contributed by atoms with E-state index in [0.29, 0.717) is 0 Å².